The highest BCUT2D eigenvalue weighted by Crippen LogP contribution is 2.32. The molecule has 0 unspecified atom stereocenters. The quantitative estimate of drug-likeness (QED) is 0.257. The second-order valence-corrected chi connectivity index (χ2v) is 6.23. The molecule has 0 amide bonds. The minimum Gasteiger partial charge on any atom is -0.362 e. The first-order valence-corrected chi connectivity index (χ1v) is 8.71. The molecule has 1 heterocycles. The predicted molar refractivity (Wildman–Crippen MR) is 117 cm³/mol. The third-order valence-electron chi connectivity index (χ3n) is 3.87. The van der Waals surface area contributed by atoms with E-state index in [0.717, 1.165) is 23.5 Å². The molecule has 0 spiro atoms. The number of hydrogen-bond acceptors (Lipinski definition) is 3. The Hall–Kier alpha value is -2.11. The van der Waals surface area contributed by atoms with Gasteiger partial charge in [-0.1, -0.05) is 12.1 Å². The minimum atomic E-state index is -4.63. The van der Waals surface area contributed by atoms with Gasteiger partial charge < -0.3 is 15.5 Å². The maximum absolute atomic E-state index is 13.2. The zero-order valence-corrected chi connectivity index (χ0v) is 18.7. The number of aliphatic imine (C=N–C) groups is 1. The molecule has 0 fully saturated rings. The van der Waals surface area contributed by atoms with E-state index in [1.54, 1.807) is 12.3 Å². The van der Waals surface area contributed by atoms with Gasteiger partial charge in [-0.25, -0.2) is 14.4 Å². The predicted octanol–water partition coefficient (Wildman–Crippen LogP) is 4.18. The minimum absolute atomic E-state index is 0. The summed E-state index contributed by atoms with van der Waals surface area (Å²) in [6.45, 7) is 2.54. The monoisotopic (exact) mass is 525 g/mol. The fourth-order valence-corrected chi connectivity index (χ4v) is 2.61. The Kier molecular flexibility index (Phi) is 9.60. The topological polar surface area (TPSA) is 52.6 Å². The summed E-state index contributed by atoms with van der Waals surface area (Å²) in [6.07, 6.45) is -2.95. The first-order chi connectivity index (χ1) is 13.2. The van der Waals surface area contributed by atoms with Gasteiger partial charge in [0, 0.05) is 38.9 Å². The van der Waals surface area contributed by atoms with E-state index in [-0.39, 0.29) is 36.1 Å². The van der Waals surface area contributed by atoms with Crippen molar-refractivity contribution in [2.24, 2.45) is 4.99 Å². The number of nitrogens with one attached hydrogen (secondary N) is 2. The molecule has 0 radical (unpaired) electrons. The van der Waals surface area contributed by atoms with Crippen LogP contribution < -0.4 is 15.5 Å². The van der Waals surface area contributed by atoms with Gasteiger partial charge in [0.25, 0.3) is 0 Å². The van der Waals surface area contributed by atoms with Crippen molar-refractivity contribution in [3.8, 4) is 0 Å². The van der Waals surface area contributed by atoms with E-state index >= 15 is 0 Å². The van der Waals surface area contributed by atoms with Crippen LogP contribution in [0, 0.1) is 5.82 Å². The fourth-order valence-electron chi connectivity index (χ4n) is 2.61. The third-order valence-corrected chi connectivity index (χ3v) is 3.87. The number of guanidine groups is 1. The molecule has 0 bridgehead atoms. The smallest absolute Gasteiger partial charge is 0.362 e. The van der Waals surface area contributed by atoms with E-state index in [1.165, 1.54) is 0 Å². The number of aromatic nitrogens is 1. The highest BCUT2D eigenvalue weighted by atomic mass is 127. The van der Waals surface area contributed by atoms with Crippen molar-refractivity contribution in [1.82, 2.24) is 15.6 Å². The molecule has 29 heavy (non-hydrogen) atoms. The van der Waals surface area contributed by atoms with Gasteiger partial charge in [0.1, 0.15) is 11.6 Å². The SMILES string of the molecule is CCNC(=NCc1cccnc1N(C)C)NCc1ccc(F)cc1C(F)(F)F.I. The number of hydrogen-bond donors (Lipinski definition) is 2. The Bertz CT molecular complexity index is 824. The van der Waals surface area contributed by atoms with Crippen LogP contribution in [0.5, 0.6) is 0 Å². The van der Waals surface area contributed by atoms with Crippen molar-refractivity contribution in [3.05, 3.63) is 59.0 Å². The Morgan fingerprint density at radius 1 is 1.14 bits per heavy atom. The van der Waals surface area contributed by atoms with Crippen molar-refractivity contribution < 1.29 is 17.6 Å². The second-order valence-electron chi connectivity index (χ2n) is 6.23. The lowest BCUT2D eigenvalue weighted by molar-refractivity contribution is -0.138. The molecule has 1 aromatic carbocycles. The zero-order chi connectivity index (χ0) is 20.7. The van der Waals surface area contributed by atoms with Crippen molar-refractivity contribution in [2.45, 2.75) is 26.2 Å². The van der Waals surface area contributed by atoms with E-state index in [1.807, 2.05) is 32.0 Å². The normalized spacial score (nSPS) is 11.6. The first kappa shape index (κ1) is 24.9. The van der Waals surface area contributed by atoms with E-state index < -0.39 is 17.6 Å². The van der Waals surface area contributed by atoms with E-state index in [4.69, 9.17) is 0 Å². The van der Waals surface area contributed by atoms with Gasteiger partial charge in [0.05, 0.1) is 12.1 Å². The third kappa shape index (κ3) is 7.33. The molecule has 1 aromatic heterocycles. The molecule has 160 valence electrons. The lowest BCUT2D eigenvalue weighted by Crippen LogP contribution is -2.37. The van der Waals surface area contributed by atoms with Gasteiger partial charge in [-0.05, 0) is 30.7 Å². The van der Waals surface area contributed by atoms with Crippen LogP contribution in [0.25, 0.3) is 0 Å². The van der Waals surface area contributed by atoms with E-state index in [2.05, 4.69) is 20.6 Å². The van der Waals surface area contributed by atoms with Crippen LogP contribution in [0.3, 0.4) is 0 Å². The number of rotatable bonds is 6. The molecule has 0 aliphatic rings. The zero-order valence-electron chi connectivity index (χ0n) is 16.3. The largest absolute Gasteiger partial charge is 0.416 e. The van der Waals surface area contributed by atoms with Crippen LogP contribution in [0.1, 0.15) is 23.6 Å². The van der Waals surface area contributed by atoms with Crippen LogP contribution >= 0.6 is 24.0 Å². The van der Waals surface area contributed by atoms with E-state index in [0.29, 0.717) is 25.1 Å². The number of pyridine rings is 1. The Morgan fingerprint density at radius 2 is 1.86 bits per heavy atom. The highest BCUT2D eigenvalue weighted by Gasteiger charge is 2.33. The summed E-state index contributed by atoms with van der Waals surface area (Å²) in [4.78, 5) is 10.6. The first-order valence-electron chi connectivity index (χ1n) is 8.71. The maximum Gasteiger partial charge on any atom is 0.416 e. The lowest BCUT2D eigenvalue weighted by Gasteiger charge is -2.17. The second kappa shape index (κ2) is 11.2. The molecule has 0 saturated heterocycles. The molecule has 5 nitrogen and oxygen atoms in total. The molecule has 10 heteroatoms. The summed E-state index contributed by atoms with van der Waals surface area (Å²) in [7, 11) is 3.73. The fraction of sp³-hybridized carbons (Fsp3) is 0.368. The van der Waals surface area contributed by atoms with Crippen molar-refractivity contribution >= 4 is 35.8 Å². The van der Waals surface area contributed by atoms with Gasteiger partial charge in [-0.15, -0.1) is 24.0 Å². The summed E-state index contributed by atoms with van der Waals surface area (Å²) >= 11 is 0. The molecule has 2 N–H and O–H groups in total. The summed E-state index contributed by atoms with van der Waals surface area (Å²) in [6, 6.07) is 6.32. The summed E-state index contributed by atoms with van der Waals surface area (Å²) in [5.41, 5.74) is -0.185. The Morgan fingerprint density at radius 3 is 2.48 bits per heavy atom. The van der Waals surface area contributed by atoms with Crippen LogP contribution in [0.4, 0.5) is 23.4 Å². The van der Waals surface area contributed by atoms with Gasteiger partial charge >= 0.3 is 6.18 Å². The number of benzene rings is 1. The van der Waals surface area contributed by atoms with Crippen LogP contribution in [0.2, 0.25) is 0 Å². The van der Waals surface area contributed by atoms with Gasteiger partial charge in [0.15, 0.2) is 5.96 Å². The number of nitrogens with zero attached hydrogens (tertiary/aromatic N) is 3. The number of alkyl halides is 3. The highest BCUT2D eigenvalue weighted by molar-refractivity contribution is 14.0. The molecule has 2 aromatic rings. The molecule has 0 atom stereocenters. The Labute approximate surface area is 184 Å². The molecule has 0 aliphatic heterocycles. The van der Waals surface area contributed by atoms with Gasteiger partial charge in [-0.3, -0.25) is 0 Å². The summed E-state index contributed by atoms with van der Waals surface area (Å²) in [5, 5.41) is 5.86. The van der Waals surface area contributed by atoms with Crippen LogP contribution in [-0.2, 0) is 19.3 Å². The molecule has 0 saturated carbocycles. The number of halogens is 5. The lowest BCUT2D eigenvalue weighted by atomic mass is 10.1. The van der Waals surface area contributed by atoms with Crippen molar-refractivity contribution in [1.29, 1.82) is 0 Å². The van der Waals surface area contributed by atoms with Crippen LogP contribution in [0.15, 0.2) is 41.5 Å². The average molecular weight is 525 g/mol. The maximum atomic E-state index is 13.2. The van der Waals surface area contributed by atoms with Gasteiger partial charge in [-0.2, -0.15) is 13.2 Å². The van der Waals surface area contributed by atoms with E-state index in [9.17, 15) is 17.6 Å². The molecular weight excluding hydrogens is 501 g/mol. The molecular formula is C19H24F4IN5. The van der Waals surface area contributed by atoms with Crippen LogP contribution in [-0.4, -0.2) is 31.6 Å². The summed E-state index contributed by atoms with van der Waals surface area (Å²) < 4.78 is 52.7. The molecule has 2 rings (SSSR count). The summed E-state index contributed by atoms with van der Waals surface area (Å²) in [5.74, 6) is 0.193. The Balaban J connectivity index is 0.00000420. The standard InChI is InChI=1S/C19H23F4N5.HI/c1-4-24-18(27-12-14-6-5-9-25-17(14)28(2)3)26-11-13-7-8-15(20)10-16(13)19(21,22)23;/h5-10H,4,11-12H2,1-3H3,(H2,24,26,27);1H. The van der Waals surface area contributed by atoms with Crippen molar-refractivity contribution in [3.63, 3.8) is 0 Å². The van der Waals surface area contributed by atoms with Crippen molar-refractivity contribution in [2.75, 3.05) is 25.5 Å². The van der Waals surface area contributed by atoms with Gasteiger partial charge in [0.2, 0.25) is 0 Å². The average Bonchev–Trinajstić information content (AvgIpc) is 2.64. The number of anilines is 1. The molecule has 0 aliphatic carbocycles.